The van der Waals surface area contributed by atoms with E-state index in [1.807, 2.05) is 6.07 Å². The Kier molecular flexibility index (Phi) is 4.10. The molecule has 3 heterocycles. The van der Waals surface area contributed by atoms with Crippen molar-refractivity contribution in [1.82, 2.24) is 20.0 Å². The zero-order chi connectivity index (χ0) is 17.4. The number of aliphatic hydroxyl groups excluding tert-OH is 1. The van der Waals surface area contributed by atoms with Crippen molar-refractivity contribution in [3.8, 4) is 0 Å². The van der Waals surface area contributed by atoms with E-state index in [0.717, 1.165) is 19.5 Å². The van der Waals surface area contributed by atoms with Crippen molar-refractivity contribution in [3.63, 3.8) is 0 Å². The van der Waals surface area contributed by atoms with Crippen LogP contribution in [0.4, 0.5) is 0 Å². The number of aromatic nitrogens is 2. The highest BCUT2D eigenvalue weighted by Gasteiger charge is 2.39. The Bertz CT molecular complexity index is 830. The van der Waals surface area contributed by atoms with Crippen LogP contribution in [0, 0.1) is 0 Å². The van der Waals surface area contributed by atoms with Crippen LogP contribution in [-0.4, -0.2) is 62.8 Å². The Morgan fingerprint density at radius 2 is 1.96 bits per heavy atom. The SMILES string of the molecule is O=C(c1ccc(=O)[nH]n1)N1C[C@@H](O)[C@H](N2CCc3ccccc3C2)C1. The summed E-state index contributed by atoms with van der Waals surface area (Å²) in [5.74, 6) is -0.268. The largest absolute Gasteiger partial charge is 0.390 e. The predicted octanol–water partition coefficient (Wildman–Crippen LogP) is 0.0135. The molecule has 130 valence electrons. The summed E-state index contributed by atoms with van der Waals surface area (Å²) in [5, 5.41) is 16.6. The number of aromatic amines is 1. The Morgan fingerprint density at radius 3 is 2.72 bits per heavy atom. The first-order valence-electron chi connectivity index (χ1n) is 8.46. The van der Waals surface area contributed by atoms with Gasteiger partial charge < -0.3 is 10.0 Å². The summed E-state index contributed by atoms with van der Waals surface area (Å²) in [6.45, 7) is 2.40. The van der Waals surface area contributed by atoms with Crippen molar-refractivity contribution < 1.29 is 9.90 Å². The summed E-state index contributed by atoms with van der Waals surface area (Å²) in [5.41, 5.74) is 2.49. The molecule has 0 spiro atoms. The van der Waals surface area contributed by atoms with Gasteiger partial charge in [-0.2, -0.15) is 5.10 Å². The second kappa shape index (κ2) is 6.42. The average molecular weight is 340 g/mol. The minimum absolute atomic E-state index is 0.0833. The molecule has 1 amide bonds. The second-order valence-electron chi connectivity index (χ2n) is 6.64. The van der Waals surface area contributed by atoms with E-state index in [0.29, 0.717) is 6.54 Å². The van der Waals surface area contributed by atoms with Gasteiger partial charge in [0.05, 0.1) is 12.1 Å². The molecule has 0 radical (unpaired) electrons. The molecule has 25 heavy (non-hydrogen) atoms. The lowest BCUT2D eigenvalue weighted by Crippen LogP contribution is -2.45. The lowest BCUT2D eigenvalue weighted by Gasteiger charge is -2.34. The summed E-state index contributed by atoms with van der Waals surface area (Å²) < 4.78 is 0. The molecule has 7 nitrogen and oxygen atoms in total. The number of hydrogen-bond acceptors (Lipinski definition) is 5. The molecule has 1 aromatic heterocycles. The summed E-state index contributed by atoms with van der Waals surface area (Å²) in [6, 6.07) is 11.0. The predicted molar refractivity (Wildman–Crippen MR) is 91.1 cm³/mol. The van der Waals surface area contributed by atoms with E-state index in [1.54, 1.807) is 4.90 Å². The number of nitrogens with zero attached hydrogens (tertiary/aromatic N) is 3. The van der Waals surface area contributed by atoms with Crippen LogP contribution in [0.5, 0.6) is 0 Å². The normalized spacial score (nSPS) is 23.5. The average Bonchev–Trinajstić information content (AvgIpc) is 3.03. The number of aliphatic hydroxyl groups is 1. The maximum Gasteiger partial charge on any atom is 0.274 e. The van der Waals surface area contributed by atoms with Crippen molar-refractivity contribution in [2.24, 2.45) is 0 Å². The Balaban J connectivity index is 1.47. The third-order valence-corrected chi connectivity index (χ3v) is 5.07. The van der Waals surface area contributed by atoms with Gasteiger partial charge in [-0.05, 0) is 23.6 Å². The number of fused-ring (bicyclic) bond motifs is 1. The highest BCUT2D eigenvalue weighted by Crippen LogP contribution is 2.25. The molecule has 4 rings (SSSR count). The highest BCUT2D eigenvalue weighted by atomic mass is 16.3. The minimum Gasteiger partial charge on any atom is -0.390 e. The minimum atomic E-state index is -0.586. The molecule has 2 aliphatic rings. The zero-order valence-corrected chi connectivity index (χ0v) is 13.8. The fraction of sp³-hybridized carbons (Fsp3) is 0.389. The molecule has 2 aromatic rings. The molecule has 7 heteroatoms. The van der Waals surface area contributed by atoms with Gasteiger partial charge in [-0.15, -0.1) is 0 Å². The topological polar surface area (TPSA) is 89.5 Å². The summed E-state index contributed by atoms with van der Waals surface area (Å²) in [7, 11) is 0. The molecule has 1 saturated heterocycles. The molecule has 1 fully saturated rings. The van der Waals surface area contributed by atoms with E-state index < -0.39 is 6.10 Å². The first-order valence-corrected chi connectivity index (χ1v) is 8.46. The van der Waals surface area contributed by atoms with Gasteiger partial charge in [0.25, 0.3) is 11.5 Å². The van der Waals surface area contributed by atoms with Crippen molar-refractivity contribution >= 4 is 5.91 Å². The number of amides is 1. The van der Waals surface area contributed by atoms with E-state index in [-0.39, 0.29) is 29.7 Å². The summed E-state index contributed by atoms with van der Waals surface area (Å²) in [4.78, 5) is 27.5. The molecule has 2 atom stereocenters. The molecular formula is C18H20N4O3. The molecule has 0 saturated carbocycles. The Hall–Kier alpha value is -2.51. The molecular weight excluding hydrogens is 320 g/mol. The number of likely N-dealkylation sites (tertiary alicyclic amines) is 1. The van der Waals surface area contributed by atoms with Crippen molar-refractivity contribution in [1.29, 1.82) is 0 Å². The third kappa shape index (κ3) is 3.08. The second-order valence-corrected chi connectivity index (χ2v) is 6.64. The van der Waals surface area contributed by atoms with Crippen LogP contribution in [0.15, 0.2) is 41.2 Å². The van der Waals surface area contributed by atoms with E-state index in [1.165, 1.54) is 23.3 Å². The van der Waals surface area contributed by atoms with Crippen molar-refractivity contribution in [2.45, 2.75) is 25.1 Å². The zero-order valence-electron chi connectivity index (χ0n) is 13.8. The lowest BCUT2D eigenvalue weighted by atomic mass is 9.98. The quantitative estimate of drug-likeness (QED) is 0.804. The number of rotatable bonds is 2. The van der Waals surface area contributed by atoms with Crippen LogP contribution in [0.2, 0.25) is 0 Å². The highest BCUT2D eigenvalue weighted by molar-refractivity contribution is 5.92. The molecule has 2 N–H and O–H groups in total. The number of hydrogen-bond donors (Lipinski definition) is 2. The summed E-state index contributed by atoms with van der Waals surface area (Å²) >= 11 is 0. The maximum absolute atomic E-state index is 12.5. The van der Waals surface area contributed by atoms with Gasteiger partial charge in [0.15, 0.2) is 0 Å². The third-order valence-electron chi connectivity index (χ3n) is 5.07. The van der Waals surface area contributed by atoms with Gasteiger partial charge in [0, 0.05) is 32.2 Å². The molecule has 0 bridgehead atoms. The van der Waals surface area contributed by atoms with E-state index in [4.69, 9.17) is 0 Å². The molecule has 0 unspecified atom stereocenters. The fourth-order valence-corrected chi connectivity index (χ4v) is 3.72. The number of benzene rings is 1. The van der Waals surface area contributed by atoms with Gasteiger partial charge in [-0.1, -0.05) is 24.3 Å². The molecule has 0 aliphatic carbocycles. The van der Waals surface area contributed by atoms with Crippen LogP contribution in [-0.2, 0) is 13.0 Å². The van der Waals surface area contributed by atoms with Gasteiger partial charge in [-0.3, -0.25) is 14.5 Å². The molecule has 1 aromatic carbocycles. The van der Waals surface area contributed by atoms with Gasteiger partial charge >= 0.3 is 0 Å². The first kappa shape index (κ1) is 16.0. The standard InChI is InChI=1S/C18H20N4O3/c23-16-11-22(18(25)14-5-6-17(24)20-19-14)10-15(16)21-8-7-12-3-1-2-4-13(12)9-21/h1-6,15-16,23H,7-11H2,(H,20,24)/t15-,16-/m1/s1. The number of carbonyl (C=O) groups is 1. The van der Waals surface area contributed by atoms with Crippen LogP contribution in [0.3, 0.4) is 0 Å². The molecule has 2 aliphatic heterocycles. The van der Waals surface area contributed by atoms with E-state index in [2.05, 4.69) is 33.3 Å². The van der Waals surface area contributed by atoms with Crippen molar-refractivity contribution in [2.75, 3.05) is 19.6 Å². The van der Waals surface area contributed by atoms with Crippen LogP contribution >= 0.6 is 0 Å². The maximum atomic E-state index is 12.5. The number of carbonyl (C=O) groups excluding carboxylic acids is 1. The fourth-order valence-electron chi connectivity index (χ4n) is 3.72. The Morgan fingerprint density at radius 1 is 1.16 bits per heavy atom. The van der Waals surface area contributed by atoms with Gasteiger partial charge in [0.2, 0.25) is 0 Å². The number of nitrogens with one attached hydrogen (secondary N) is 1. The lowest BCUT2D eigenvalue weighted by molar-refractivity contribution is 0.0733. The van der Waals surface area contributed by atoms with E-state index >= 15 is 0 Å². The summed E-state index contributed by atoms with van der Waals surface area (Å²) in [6.07, 6.45) is 0.367. The van der Waals surface area contributed by atoms with Gasteiger partial charge in [0.1, 0.15) is 5.69 Å². The Labute approximate surface area is 144 Å². The number of H-pyrrole nitrogens is 1. The van der Waals surface area contributed by atoms with Gasteiger partial charge in [-0.25, -0.2) is 5.10 Å². The smallest absolute Gasteiger partial charge is 0.274 e. The van der Waals surface area contributed by atoms with Crippen LogP contribution in [0.25, 0.3) is 0 Å². The van der Waals surface area contributed by atoms with Crippen LogP contribution in [0.1, 0.15) is 21.6 Å². The van der Waals surface area contributed by atoms with Crippen LogP contribution < -0.4 is 5.56 Å². The number of β-amino-alcohol motifs (C(OH)–C–C–N with tert-alkyl or cyclic N) is 1. The monoisotopic (exact) mass is 340 g/mol. The van der Waals surface area contributed by atoms with Crippen molar-refractivity contribution in [3.05, 3.63) is 63.6 Å². The van der Waals surface area contributed by atoms with E-state index in [9.17, 15) is 14.7 Å². The first-order chi connectivity index (χ1) is 12.1.